The molecule has 1 aromatic carbocycles. The number of allylic oxidation sites excluding steroid dienone is 1. The Kier molecular flexibility index (Phi) is 3.01. The van der Waals surface area contributed by atoms with Gasteiger partial charge in [-0.2, -0.15) is 0 Å². The van der Waals surface area contributed by atoms with Crippen LogP contribution in [0.15, 0.2) is 23.8 Å². The summed E-state index contributed by atoms with van der Waals surface area (Å²) in [4.78, 5) is 11.8. The quantitative estimate of drug-likeness (QED) is 0.737. The summed E-state index contributed by atoms with van der Waals surface area (Å²) in [6.45, 7) is 4.16. The molecule has 0 fully saturated rings. The molecular formula is C13H13ClO2. The SMILES string of the molecule is CCOC(=O)C1=C(C)Cc2ccc(Cl)cc21. The van der Waals surface area contributed by atoms with Crippen LogP contribution in [-0.2, 0) is 16.0 Å². The van der Waals surface area contributed by atoms with E-state index in [4.69, 9.17) is 16.3 Å². The molecule has 0 aromatic heterocycles. The van der Waals surface area contributed by atoms with Crippen LogP contribution in [0.5, 0.6) is 0 Å². The van der Waals surface area contributed by atoms with Crippen LogP contribution in [0.25, 0.3) is 5.57 Å². The van der Waals surface area contributed by atoms with Crippen molar-refractivity contribution in [1.29, 1.82) is 0 Å². The number of hydrogen-bond donors (Lipinski definition) is 0. The van der Waals surface area contributed by atoms with Gasteiger partial charge < -0.3 is 4.74 Å². The van der Waals surface area contributed by atoms with Crippen molar-refractivity contribution in [3.8, 4) is 0 Å². The molecule has 0 saturated carbocycles. The fourth-order valence-corrected chi connectivity index (χ4v) is 2.20. The summed E-state index contributed by atoms with van der Waals surface area (Å²) in [5.41, 5.74) is 3.79. The van der Waals surface area contributed by atoms with Crippen LogP contribution in [0.1, 0.15) is 25.0 Å². The zero-order chi connectivity index (χ0) is 11.7. The van der Waals surface area contributed by atoms with Gasteiger partial charge in [-0.1, -0.05) is 23.2 Å². The molecule has 2 rings (SSSR count). The third-order valence-corrected chi connectivity index (χ3v) is 2.94. The highest BCUT2D eigenvalue weighted by atomic mass is 35.5. The maximum absolute atomic E-state index is 11.8. The van der Waals surface area contributed by atoms with Crippen molar-refractivity contribution in [2.75, 3.05) is 6.61 Å². The molecule has 16 heavy (non-hydrogen) atoms. The Bertz CT molecular complexity index is 475. The molecule has 1 aliphatic carbocycles. The first-order valence-corrected chi connectivity index (χ1v) is 5.67. The third-order valence-electron chi connectivity index (χ3n) is 2.70. The molecule has 0 heterocycles. The van der Waals surface area contributed by atoms with Crippen LogP contribution in [0.3, 0.4) is 0 Å². The second-order valence-corrected chi connectivity index (χ2v) is 4.29. The monoisotopic (exact) mass is 236 g/mol. The molecule has 0 atom stereocenters. The average Bonchev–Trinajstić information content (AvgIpc) is 2.53. The molecule has 0 spiro atoms. The second-order valence-electron chi connectivity index (χ2n) is 3.85. The van der Waals surface area contributed by atoms with Gasteiger partial charge in [-0.05, 0) is 43.5 Å². The first-order valence-electron chi connectivity index (χ1n) is 5.29. The summed E-state index contributed by atoms with van der Waals surface area (Å²) in [6, 6.07) is 5.65. The molecular weight excluding hydrogens is 224 g/mol. The van der Waals surface area contributed by atoms with Crippen molar-refractivity contribution in [3.05, 3.63) is 39.9 Å². The van der Waals surface area contributed by atoms with Gasteiger partial charge in [0.1, 0.15) is 0 Å². The summed E-state index contributed by atoms with van der Waals surface area (Å²) < 4.78 is 5.05. The lowest BCUT2D eigenvalue weighted by atomic mass is 10.1. The lowest BCUT2D eigenvalue weighted by Crippen LogP contribution is -2.06. The summed E-state index contributed by atoms with van der Waals surface area (Å²) in [6.07, 6.45) is 0.806. The van der Waals surface area contributed by atoms with E-state index in [1.54, 1.807) is 0 Å². The highest BCUT2D eigenvalue weighted by molar-refractivity contribution is 6.31. The van der Waals surface area contributed by atoms with Crippen LogP contribution in [0.4, 0.5) is 0 Å². The summed E-state index contributed by atoms with van der Waals surface area (Å²) >= 11 is 5.94. The van der Waals surface area contributed by atoms with Gasteiger partial charge in [0.05, 0.1) is 12.2 Å². The van der Waals surface area contributed by atoms with Crippen molar-refractivity contribution in [1.82, 2.24) is 0 Å². The number of fused-ring (bicyclic) bond motifs is 1. The van der Waals surface area contributed by atoms with E-state index in [1.165, 1.54) is 0 Å². The van der Waals surface area contributed by atoms with E-state index >= 15 is 0 Å². The predicted octanol–water partition coefficient (Wildman–Crippen LogP) is 3.23. The summed E-state index contributed by atoms with van der Waals surface area (Å²) in [7, 11) is 0. The first kappa shape index (κ1) is 11.2. The number of hydrogen-bond acceptors (Lipinski definition) is 2. The normalized spacial score (nSPS) is 13.9. The van der Waals surface area contributed by atoms with Gasteiger partial charge in [-0.25, -0.2) is 4.79 Å². The largest absolute Gasteiger partial charge is 0.462 e. The Labute approximate surface area is 99.9 Å². The van der Waals surface area contributed by atoms with Gasteiger partial charge in [-0.15, -0.1) is 0 Å². The minimum atomic E-state index is -0.249. The van der Waals surface area contributed by atoms with Crippen LogP contribution in [0, 0.1) is 0 Å². The van der Waals surface area contributed by atoms with E-state index in [-0.39, 0.29) is 5.97 Å². The van der Waals surface area contributed by atoms with E-state index in [0.29, 0.717) is 17.2 Å². The van der Waals surface area contributed by atoms with Gasteiger partial charge in [0.2, 0.25) is 0 Å². The van der Waals surface area contributed by atoms with E-state index < -0.39 is 0 Å². The van der Waals surface area contributed by atoms with Gasteiger partial charge in [0.15, 0.2) is 0 Å². The van der Waals surface area contributed by atoms with Gasteiger partial charge in [0.25, 0.3) is 0 Å². The molecule has 0 amide bonds. The Balaban J connectivity index is 2.44. The van der Waals surface area contributed by atoms with Gasteiger partial charge in [-0.3, -0.25) is 0 Å². The van der Waals surface area contributed by atoms with E-state index in [9.17, 15) is 4.79 Å². The molecule has 3 heteroatoms. The van der Waals surface area contributed by atoms with Crippen molar-refractivity contribution in [3.63, 3.8) is 0 Å². The molecule has 1 aliphatic rings. The number of esters is 1. The molecule has 84 valence electrons. The minimum absolute atomic E-state index is 0.249. The lowest BCUT2D eigenvalue weighted by Gasteiger charge is -2.06. The van der Waals surface area contributed by atoms with Crippen molar-refractivity contribution in [2.45, 2.75) is 20.3 Å². The fourth-order valence-electron chi connectivity index (χ4n) is 2.03. The van der Waals surface area contributed by atoms with Crippen LogP contribution >= 0.6 is 11.6 Å². The third kappa shape index (κ3) is 1.85. The van der Waals surface area contributed by atoms with Crippen LogP contribution < -0.4 is 0 Å². The molecule has 2 nitrogen and oxygen atoms in total. The number of carbonyl (C=O) groups excluding carboxylic acids is 1. The average molecular weight is 237 g/mol. The van der Waals surface area contributed by atoms with E-state index in [1.807, 2.05) is 32.0 Å². The lowest BCUT2D eigenvalue weighted by molar-refractivity contribution is -0.136. The smallest absolute Gasteiger partial charge is 0.338 e. The first-order chi connectivity index (χ1) is 7.63. The number of benzene rings is 1. The minimum Gasteiger partial charge on any atom is -0.462 e. The second kappa shape index (κ2) is 4.30. The van der Waals surface area contributed by atoms with Crippen molar-refractivity contribution >= 4 is 23.1 Å². The van der Waals surface area contributed by atoms with Crippen molar-refractivity contribution in [2.24, 2.45) is 0 Å². The highest BCUT2D eigenvalue weighted by Gasteiger charge is 2.25. The molecule has 0 radical (unpaired) electrons. The Morgan fingerprint density at radius 1 is 1.50 bits per heavy atom. The summed E-state index contributed by atoms with van der Waals surface area (Å²) in [5, 5.41) is 0.648. The number of halogens is 1. The molecule has 0 bridgehead atoms. The maximum atomic E-state index is 11.8. The molecule has 1 aromatic rings. The predicted molar refractivity (Wildman–Crippen MR) is 64.4 cm³/mol. The fraction of sp³-hybridized carbons (Fsp3) is 0.308. The Morgan fingerprint density at radius 2 is 2.25 bits per heavy atom. The molecule has 0 N–H and O–H groups in total. The zero-order valence-corrected chi connectivity index (χ0v) is 10.1. The summed E-state index contributed by atoms with van der Waals surface area (Å²) in [5.74, 6) is -0.249. The number of rotatable bonds is 2. The topological polar surface area (TPSA) is 26.3 Å². The van der Waals surface area contributed by atoms with E-state index in [0.717, 1.165) is 23.1 Å². The Hall–Kier alpha value is -1.28. The standard InChI is InChI=1S/C13H13ClO2/c1-3-16-13(15)12-8(2)6-9-4-5-10(14)7-11(9)12/h4-5,7H,3,6H2,1-2H3. The zero-order valence-electron chi connectivity index (χ0n) is 9.34. The van der Waals surface area contributed by atoms with Crippen LogP contribution in [0.2, 0.25) is 5.02 Å². The van der Waals surface area contributed by atoms with Gasteiger partial charge in [0, 0.05) is 5.02 Å². The van der Waals surface area contributed by atoms with Crippen molar-refractivity contribution < 1.29 is 9.53 Å². The Morgan fingerprint density at radius 3 is 2.94 bits per heavy atom. The number of carbonyl (C=O) groups is 1. The molecule has 0 saturated heterocycles. The molecule has 0 aliphatic heterocycles. The van der Waals surface area contributed by atoms with Crippen LogP contribution in [-0.4, -0.2) is 12.6 Å². The van der Waals surface area contributed by atoms with E-state index in [2.05, 4.69) is 0 Å². The highest BCUT2D eigenvalue weighted by Crippen LogP contribution is 2.34. The number of ether oxygens (including phenoxy) is 1. The molecule has 0 unspecified atom stereocenters. The maximum Gasteiger partial charge on any atom is 0.338 e. The van der Waals surface area contributed by atoms with Gasteiger partial charge >= 0.3 is 5.97 Å².